The third kappa shape index (κ3) is 2.76. The molecule has 0 radical (unpaired) electrons. The van der Waals surface area contributed by atoms with Crippen LogP contribution >= 0.6 is 0 Å². The summed E-state index contributed by atoms with van der Waals surface area (Å²) in [6.07, 6.45) is 8.94. The van der Waals surface area contributed by atoms with Crippen LogP contribution in [0.5, 0.6) is 0 Å². The predicted molar refractivity (Wildman–Crippen MR) is 112 cm³/mol. The van der Waals surface area contributed by atoms with Gasteiger partial charge in [0.15, 0.2) is 0 Å². The fourth-order valence-electron chi connectivity index (χ4n) is 5.66. The van der Waals surface area contributed by atoms with E-state index in [1.165, 1.54) is 61.9 Å². The molecule has 0 bridgehead atoms. The molecule has 26 heavy (non-hydrogen) atoms. The van der Waals surface area contributed by atoms with E-state index in [0.717, 1.165) is 5.92 Å². The molecule has 4 rings (SSSR count). The average molecular weight is 348 g/mol. The third-order valence-corrected chi connectivity index (χ3v) is 7.17. The molecule has 0 fully saturated rings. The van der Waals surface area contributed by atoms with Gasteiger partial charge in [0, 0.05) is 17.4 Å². The number of hydrogen-bond acceptors (Lipinski definition) is 1. The number of hydrogen-bond donors (Lipinski definition) is 0. The van der Waals surface area contributed by atoms with Crippen molar-refractivity contribution in [2.45, 2.75) is 77.2 Å². The Labute approximate surface area is 159 Å². The van der Waals surface area contributed by atoms with Crippen molar-refractivity contribution < 1.29 is 0 Å². The van der Waals surface area contributed by atoms with E-state index in [9.17, 15) is 0 Å². The molecule has 1 nitrogen and oxygen atoms in total. The molecule has 3 unspecified atom stereocenters. The molecule has 0 amide bonds. The quantitative estimate of drug-likeness (QED) is 0.577. The molecule has 1 heteroatoms. The highest BCUT2D eigenvalue weighted by Crippen LogP contribution is 2.50. The summed E-state index contributed by atoms with van der Waals surface area (Å²) >= 11 is 0. The maximum Gasteiger partial charge on any atom is 0.0451 e. The molecule has 138 valence electrons. The van der Waals surface area contributed by atoms with Crippen molar-refractivity contribution in [3.8, 4) is 0 Å². The molecule has 2 aliphatic rings. The number of aryl methyl sites for hydroxylation is 1. The Hall–Kier alpha value is -1.76. The highest BCUT2D eigenvalue weighted by Gasteiger charge is 2.41. The molecule has 0 spiro atoms. The lowest BCUT2D eigenvalue weighted by Crippen LogP contribution is -2.35. The molecule has 0 saturated carbocycles. The van der Waals surface area contributed by atoms with Crippen LogP contribution in [-0.2, 0) is 11.8 Å². The van der Waals surface area contributed by atoms with Crippen molar-refractivity contribution >= 4 is 11.4 Å². The van der Waals surface area contributed by atoms with E-state index < -0.39 is 0 Å². The summed E-state index contributed by atoms with van der Waals surface area (Å²) in [6.45, 7) is 7.23. The smallest absolute Gasteiger partial charge is 0.0451 e. The Bertz CT molecular complexity index is 764. The van der Waals surface area contributed by atoms with E-state index in [1.807, 2.05) is 0 Å². The predicted octanol–water partition coefficient (Wildman–Crippen LogP) is 7.02. The molecule has 2 heterocycles. The number of para-hydroxylation sites is 2. The Morgan fingerprint density at radius 2 is 1.69 bits per heavy atom. The van der Waals surface area contributed by atoms with Gasteiger partial charge in [0.2, 0.25) is 0 Å². The van der Waals surface area contributed by atoms with Crippen molar-refractivity contribution in [2.75, 3.05) is 4.90 Å². The van der Waals surface area contributed by atoms with Gasteiger partial charge in [-0.2, -0.15) is 0 Å². The zero-order chi connectivity index (χ0) is 18.1. The van der Waals surface area contributed by atoms with E-state index in [0.29, 0.717) is 11.5 Å². The number of rotatable bonds is 3. The number of fused-ring (bicyclic) bond motifs is 5. The Kier molecular flexibility index (Phi) is 4.82. The van der Waals surface area contributed by atoms with Gasteiger partial charge in [-0.1, -0.05) is 63.6 Å². The van der Waals surface area contributed by atoms with Gasteiger partial charge >= 0.3 is 0 Å². The largest absolute Gasteiger partial charge is 0.338 e. The first-order chi connectivity index (χ1) is 12.7. The van der Waals surface area contributed by atoms with Crippen LogP contribution in [0.3, 0.4) is 0 Å². The minimum Gasteiger partial charge on any atom is -0.338 e. The maximum absolute atomic E-state index is 2.73. The van der Waals surface area contributed by atoms with Gasteiger partial charge in [0.25, 0.3) is 0 Å². The van der Waals surface area contributed by atoms with Gasteiger partial charge in [-0.15, -0.1) is 0 Å². The SMILES string of the molecule is CCCC1(CC)CCC2C(C)CCc3ccccc3N2c2ccccc21. The zero-order valence-electron chi connectivity index (χ0n) is 16.7. The van der Waals surface area contributed by atoms with Crippen LogP contribution in [-0.4, -0.2) is 6.04 Å². The lowest BCUT2D eigenvalue weighted by Gasteiger charge is -2.36. The molecule has 3 atom stereocenters. The first-order valence-corrected chi connectivity index (χ1v) is 10.7. The number of anilines is 2. The second kappa shape index (κ2) is 7.10. The van der Waals surface area contributed by atoms with Gasteiger partial charge in [0.05, 0.1) is 0 Å². The average Bonchev–Trinajstić information content (AvgIpc) is 2.91. The van der Waals surface area contributed by atoms with Crippen LogP contribution in [0, 0.1) is 5.92 Å². The fourth-order valence-corrected chi connectivity index (χ4v) is 5.66. The first kappa shape index (κ1) is 17.6. The molecule has 2 aliphatic heterocycles. The summed E-state index contributed by atoms with van der Waals surface area (Å²) in [5, 5.41) is 0. The number of nitrogens with zero attached hydrogens (tertiary/aromatic N) is 1. The lowest BCUT2D eigenvalue weighted by atomic mass is 9.71. The highest BCUT2D eigenvalue weighted by molar-refractivity contribution is 5.72. The summed E-state index contributed by atoms with van der Waals surface area (Å²) in [6, 6.07) is 19.1. The molecule has 0 aromatic heterocycles. The Balaban J connectivity index is 1.95. The molecule has 0 N–H and O–H groups in total. The first-order valence-electron chi connectivity index (χ1n) is 10.7. The maximum atomic E-state index is 2.73. The zero-order valence-corrected chi connectivity index (χ0v) is 16.7. The lowest BCUT2D eigenvalue weighted by molar-refractivity contribution is 0.314. The van der Waals surface area contributed by atoms with Crippen LogP contribution in [0.1, 0.15) is 70.4 Å². The summed E-state index contributed by atoms with van der Waals surface area (Å²) in [4.78, 5) is 2.73. The fraction of sp³-hybridized carbons (Fsp3) is 0.520. The topological polar surface area (TPSA) is 3.24 Å². The summed E-state index contributed by atoms with van der Waals surface area (Å²) in [5.41, 5.74) is 6.39. The van der Waals surface area contributed by atoms with Crippen molar-refractivity contribution in [1.82, 2.24) is 0 Å². The van der Waals surface area contributed by atoms with Crippen LogP contribution in [0.2, 0.25) is 0 Å². The van der Waals surface area contributed by atoms with E-state index >= 15 is 0 Å². The van der Waals surface area contributed by atoms with Gasteiger partial charge in [-0.3, -0.25) is 0 Å². The van der Waals surface area contributed by atoms with Crippen LogP contribution in [0.15, 0.2) is 48.5 Å². The third-order valence-electron chi connectivity index (χ3n) is 7.17. The van der Waals surface area contributed by atoms with Gasteiger partial charge in [-0.05, 0) is 73.1 Å². The van der Waals surface area contributed by atoms with Gasteiger partial charge in [-0.25, -0.2) is 0 Å². The van der Waals surface area contributed by atoms with Crippen molar-refractivity contribution in [3.05, 3.63) is 59.7 Å². The minimum absolute atomic E-state index is 0.339. The molecule has 0 aliphatic carbocycles. The highest BCUT2D eigenvalue weighted by atomic mass is 15.2. The van der Waals surface area contributed by atoms with E-state index in [-0.39, 0.29) is 0 Å². The molecular weight excluding hydrogens is 314 g/mol. The summed E-state index contributed by atoms with van der Waals surface area (Å²) < 4.78 is 0. The van der Waals surface area contributed by atoms with Crippen LogP contribution in [0.4, 0.5) is 11.4 Å². The summed E-state index contributed by atoms with van der Waals surface area (Å²) in [7, 11) is 0. The van der Waals surface area contributed by atoms with Gasteiger partial charge < -0.3 is 4.90 Å². The molecular formula is C25H33N. The molecule has 2 aromatic rings. The van der Waals surface area contributed by atoms with Crippen LogP contribution < -0.4 is 4.90 Å². The second-order valence-electron chi connectivity index (χ2n) is 8.52. The minimum atomic E-state index is 0.339. The van der Waals surface area contributed by atoms with E-state index in [1.54, 1.807) is 5.56 Å². The summed E-state index contributed by atoms with van der Waals surface area (Å²) in [5.74, 6) is 0.727. The normalized spacial score (nSPS) is 27.7. The second-order valence-corrected chi connectivity index (χ2v) is 8.52. The van der Waals surface area contributed by atoms with Crippen molar-refractivity contribution in [1.29, 1.82) is 0 Å². The standard InChI is InChI=1S/C25H33N/c1-4-17-25(5-2)18-16-22-19(3)14-15-20-10-6-8-12-23(20)26(22)24-13-9-7-11-21(24)25/h6-13,19,22H,4-5,14-18H2,1-3H3. The van der Waals surface area contributed by atoms with E-state index in [4.69, 9.17) is 0 Å². The van der Waals surface area contributed by atoms with Crippen LogP contribution in [0.25, 0.3) is 0 Å². The van der Waals surface area contributed by atoms with Gasteiger partial charge in [0.1, 0.15) is 0 Å². The monoisotopic (exact) mass is 347 g/mol. The van der Waals surface area contributed by atoms with E-state index in [2.05, 4.69) is 74.2 Å². The van der Waals surface area contributed by atoms with Crippen molar-refractivity contribution in [2.24, 2.45) is 5.92 Å². The number of benzene rings is 2. The van der Waals surface area contributed by atoms with Crippen molar-refractivity contribution in [3.63, 3.8) is 0 Å². The Morgan fingerprint density at radius 3 is 2.46 bits per heavy atom. The molecule has 0 saturated heterocycles. The molecule has 2 aromatic carbocycles. The Morgan fingerprint density at radius 1 is 0.962 bits per heavy atom.